The van der Waals surface area contributed by atoms with Crippen LogP contribution in [0, 0.1) is 0 Å². The van der Waals surface area contributed by atoms with Crippen LogP contribution in [0.2, 0.25) is 0 Å². The van der Waals surface area contributed by atoms with E-state index in [1.54, 1.807) is 0 Å². The van der Waals surface area contributed by atoms with Gasteiger partial charge < -0.3 is 20.3 Å². The first-order valence-electron chi connectivity index (χ1n) is 10.5. The van der Waals surface area contributed by atoms with Gasteiger partial charge in [-0.2, -0.15) is 0 Å². The van der Waals surface area contributed by atoms with Gasteiger partial charge in [0.2, 0.25) is 5.95 Å². The molecule has 1 saturated heterocycles. The van der Waals surface area contributed by atoms with E-state index in [4.69, 9.17) is 9.72 Å². The molecule has 2 aliphatic rings. The van der Waals surface area contributed by atoms with Gasteiger partial charge in [0.1, 0.15) is 0 Å². The van der Waals surface area contributed by atoms with Crippen molar-refractivity contribution in [3.8, 4) is 0 Å². The first-order chi connectivity index (χ1) is 14.2. The molecule has 2 aliphatic heterocycles. The summed E-state index contributed by atoms with van der Waals surface area (Å²) in [5.74, 6) is 0.647. The Hall–Kier alpha value is -2.67. The van der Waals surface area contributed by atoms with Crippen LogP contribution in [0.25, 0.3) is 0 Å². The molecule has 2 aromatic rings. The summed E-state index contributed by atoms with van der Waals surface area (Å²) in [6.45, 7) is 4.83. The van der Waals surface area contributed by atoms with E-state index in [-0.39, 0.29) is 12.1 Å². The minimum atomic E-state index is -0.0381. The quantitative estimate of drug-likeness (QED) is 0.812. The molecule has 0 radical (unpaired) electrons. The Morgan fingerprint density at radius 3 is 2.83 bits per heavy atom. The number of hydrogen-bond donors (Lipinski definition) is 2. The first kappa shape index (κ1) is 19.6. The van der Waals surface area contributed by atoms with E-state index in [1.807, 2.05) is 29.3 Å². The lowest BCUT2D eigenvalue weighted by atomic mass is 10.0. The number of aromatic nitrogens is 2. The first-order valence-corrected chi connectivity index (χ1v) is 10.5. The summed E-state index contributed by atoms with van der Waals surface area (Å²) in [5.41, 5.74) is 3.19. The summed E-state index contributed by atoms with van der Waals surface area (Å²) in [4.78, 5) is 23.9. The molecule has 2 N–H and O–H groups in total. The second-order valence-corrected chi connectivity index (χ2v) is 7.69. The van der Waals surface area contributed by atoms with Crippen molar-refractivity contribution in [2.45, 2.75) is 51.2 Å². The van der Waals surface area contributed by atoms with E-state index in [0.29, 0.717) is 25.1 Å². The zero-order valence-electron chi connectivity index (χ0n) is 16.9. The topological polar surface area (TPSA) is 79.4 Å². The highest BCUT2D eigenvalue weighted by molar-refractivity contribution is 5.75. The normalized spacial score (nSPS) is 18.0. The van der Waals surface area contributed by atoms with E-state index in [2.05, 4.69) is 34.7 Å². The van der Waals surface area contributed by atoms with Crippen LogP contribution in [0.15, 0.2) is 36.5 Å². The predicted molar refractivity (Wildman–Crippen MR) is 112 cm³/mol. The molecule has 1 aromatic carbocycles. The van der Waals surface area contributed by atoms with Crippen LogP contribution >= 0.6 is 0 Å². The van der Waals surface area contributed by atoms with Crippen LogP contribution in [0.3, 0.4) is 0 Å². The van der Waals surface area contributed by atoms with E-state index in [1.165, 1.54) is 0 Å². The van der Waals surface area contributed by atoms with Gasteiger partial charge >= 0.3 is 6.03 Å². The fourth-order valence-electron chi connectivity index (χ4n) is 3.92. The molecule has 1 unspecified atom stereocenters. The number of urea groups is 1. The number of benzene rings is 1. The molecular formula is C22H29N5O2. The number of anilines is 1. The number of nitrogens with one attached hydrogen (secondary N) is 2. The van der Waals surface area contributed by atoms with Crippen LogP contribution in [0.1, 0.15) is 49.0 Å². The van der Waals surface area contributed by atoms with Gasteiger partial charge in [-0.05, 0) is 36.8 Å². The Morgan fingerprint density at radius 2 is 2.07 bits per heavy atom. The second kappa shape index (κ2) is 9.22. The van der Waals surface area contributed by atoms with Gasteiger partial charge in [-0.15, -0.1) is 0 Å². The van der Waals surface area contributed by atoms with E-state index >= 15 is 0 Å². The molecule has 7 nitrogen and oxygen atoms in total. The number of fused-ring (bicyclic) bond motifs is 1. The molecule has 2 amide bonds. The van der Waals surface area contributed by atoms with Crippen molar-refractivity contribution in [1.82, 2.24) is 20.2 Å². The second-order valence-electron chi connectivity index (χ2n) is 7.69. The third kappa shape index (κ3) is 4.85. The largest absolute Gasteiger partial charge is 0.381 e. The lowest BCUT2D eigenvalue weighted by molar-refractivity contribution is 0.0903. The molecular weight excluding hydrogens is 366 g/mol. The molecule has 0 spiro atoms. The zero-order chi connectivity index (χ0) is 20.1. The Balaban J connectivity index is 1.40. The van der Waals surface area contributed by atoms with Gasteiger partial charge in [-0.3, -0.25) is 0 Å². The van der Waals surface area contributed by atoms with E-state index in [0.717, 1.165) is 55.7 Å². The van der Waals surface area contributed by atoms with Crippen molar-refractivity contribution in [1.29, 1.82) is 0 Å². The number of rotatable bonds is 5. The number of hydrogen-bond acceptors (Lipinski definition) is 5. The maximum atomic E-state index is 12.9. The molecule has 7 heteroatoms. The average molecular weight is 396 g/mol. The molecule has 1 aromatic heterocycles. The molecule has 154 valence electrons. The van der Waals surface area contributed by atoms with E-state index in [9.17, 15) is 4.79 Å². The summed E-state index contributed by atoms with van der Waals surface area (Å²) < 4.78 is 5.41. The van der Waals surface area contributed by atoms with Crippen molar-refractivity contribution in [2.75, 3.05) is 25.1 Å². The minimum absolute atomic E-state index is 0.0150. The molecule has 3 heterocycles. The number of carbonyl (C=O) groups is 1. The molecule has 0 aliphatic carbocycles. The van der Waals surface area contributed by atoms with Crippen LogP contribution in [0.4, 0.5) is 10.7 Å². The highest BCUT2D eigenvalue weighted by Gasteiger charge is 2.25. The standard InChI is InChI=1S/C22H29N5O2/c1-2-19(16-6-4-3-5-7-16)26-22(28)27-11-8-17-14-23-21(25-20(17)15-27)24-18-9-12-29-13-10-18/h3-7,14,18-19H,2,8-13,15H2,1H3,(H,26,28)(H,23,24,25). The predicted octanol–water partition coefficient (Wildman–Crippen LogP) is 3.29. The lowest BCUT2D eigenvalue weighted by Gasteiger charge is -2.30. The fourth-order valence-corrected chi connectivity index (χ4v) is 3.92. The summed E-state index contributed by atoms with van der Waals surface area (Å²) in [6.07, 6.45) is 5.46. The fraction of sp³-hybridized carbons (Fsp3) is 0.500. The SMILES string of the molecule is CCC(NC(=O)N1CCc2cnc(NC3CCOCC3)nc2C1)c1ccccc1. The summed E-state index contributed by atoms with van der Waals surface area (Å²) in [5, 5.41) is 6.59. The summed E-state index contributed by atoms with van der Waals surface area (Å²) in [7, 11) is 0. The Kier molecular flexibility index (Phi) is 6.24. The van der Waals surface area contributed by atoms with Crippen molar-refractivity contribution in [3.05, 3.63) is 53.3 Å². The number of carbonyl (C=O) groups excluding carboxylic acids is 1. The Morgan fingerprint density at radius 1 is 1.28 bits per heavy atom. The van der Waals surface area contributed by atoms with Gasteiger partial charge in [0.05, 0.1) is 18.3 Å². The van der Waals surface area contributed by atoms with Crippen LogP contribution in [-0.4, -0.2) is 46.7 Å². The lowest BCUT2D eigenvalue weighted by Crippen LogP contribution is -2.44. The smallest absolute Gasteiger partial charge is 0.318 e. The Bertz CT molecular complexity index is 823. The highest BCUT2D eigenvalue weighted by Crippen LogP contribution is 2.21. The number of nitrogens with zero attached hydrogens (tertiary/aromatic N) is 3. The van der Waals surface area contributed by atoms with Crippen molar-refractivity contribution in [2.24, 2.45) is 0 Å². The van der Waals surface area contributed by atoms with Crippen molar-refractivity contribution in [3.63, 3.8) is 0 Å². The molecule has 29 heavy (non-hydrogen) atoms. The number of amides is 2. The van der Waals surface area contributed by atoms with Crippen molar-refractivity contribution >= 4 is 12.0 Å². The average Bonchev–Trinajstić information content (AvgIpc) is 2.78. The summed E-state index contributed by atoms with van der Waals surface area (Å²) in [6, 6.07) is 10.4. The maximum absolute atomic E-state index is 12.9. The van der Waals surface area contributed by atoms with Crippen molar-refractivity contribution < 1.29 is 9.53 Å². The molecule has 0 bridgehead atoms. The zero-order valence-corrected chi connectivity index (χ0v) is 16.9. The van der Waals surface area contributed by atoms with E-state index < -0.39 is 0 Å². The highest BCUT2D eigenvalue weighted by atomic mass is 16.5. The van der Waals surface area contributed by atoms with Gasteiger partial charge in [0.15, 0.2) is 0 Å². The molecule has 1 fully saturated rings. The van der Waals surface area contributed by atoms with Crippen LogP contribution < -0.4 is 10.6 Å². The third-order valence-corrected chi connectivity index (χ3v) is 5.70. The minimum Gasteiger partial charge on any atom is -0.381 e. The molecule has 0 saturated carbocycles. The van der Waals surface area contributed by atoms with Gasteiger partial charge in [0, 0.05) is 32.0 Å². The van der Waals surface area contributed by atoms with Crippen LogP contribution in [0.5, 0.6) is 0 Å². The molecule has 4 rings (SSSR count). The van der Waals surface area contributed by atoms with Crippen LogP contribution in [-0.2, 0) is 17.7 Å². The van der Waals surface area contributed by atoms with Gasteiger partial charge in [-0.25, -0.2) is 14.8 Å². The van der Waals surface area contributed by atoms with Gasteiger partial charge in [-0.1, -0.05) is 37.3 Å². The number of ether oxygens (including phenoxy) is 1. The molecule has 1 atom stereocenters. The monoisotopic (exact) mass is 395 g/mol. The van der Waals surface area contributed by atoms with Gasteiger partial charge in [0.25, 0.3) is 0 Å². The summed E-state index contributed by atoms with van der Waals surface area (Å²) >= 11 is 0. The maximum Gasteiger partial charge on any atom is 0.318 e. The Labute approximate surface area is 171 Å². The third-order valence-electron chi connectivity index (χ3n) is 5.70.